The molecule has 3 N–H and O–H groups in total. The topological polar surface area (TPSA) is 79.2 Å². The van der Waals surface area contributed by atoms with E-state index in [2.05, 4.69) is 21.7 Å². The summed E-state index contributed by atoms with van der Waals surface area (Å²) in [5.74, 6) is -0.158. The number of nitrogens with zero attached hydrogens (tertiary/aromatic N) is 2. The van der Waals surface area contributed by atoms with Gasteiger partial charge in [0.1, 0.15) is 0 Å². The van der Waals surface area contributed by atoms with Crippen LogP contribution in [-0.4, -0.2) is 27.7 Å². The number of hydrogen-bond donors (Lipinski definition) is 3. The molecule has 28 heavy (non-hydrogen) atoms. The molecule has 0 spiro atoms. The van der Waals surface area contributed by atoms with Gasteiger partial charge in [0.15, 0.2) is 5.75 Å². The van der Waals surface area contributed by atoms with Crippen molar-refractivity contribution >= 4 is 16.6 Å². The third-order valence-corrected chi connectivity index (χ3v) is 5.07. The standard InChI is InChI=1S/C22H28N4O2/c1-16-14-21(27)22(28)20(26(16)2)15-23-11-6-3-7-12-24-19-10-13-25-18-9-5-4-8-17(18)19/h4-5,8-10,13-14,23,28H,3,6-7,11-12,15H2,1-2H3,(H,24,25). The van der Waals surface area contributed by atoms with Crippen molar-refractivity contribution in [3.05, 3.63) is 64.2 Å². The molecule has 6 nitrogen and oxygen atoms in total. The van der Waals surface area contributed by atoms with Crippen LogP contribution < -0.4 is 16.1 Å². The van der Waals surface area contributed by atoms with Crippen molar-refractivity contribution in [2.45, 2.75) is 32.7 Å². The van der Waals surface area contributed by atoms with Crippen LogP contribution in [0.25, 0.3) is 10.9 Å². The quantitative estimate of drug-likeness (QED) is 0.496. The zero-order chi connectivity index (χ0) is 19.9. The highest BCUT2D eigenvalue weighted by Gasteiger charge is 2.09. The van der Waals surface area contributed by atoms with Gasteiger partial charge in [-0.25, -0.2) is 0 Å². The van der Waals surface area contributed by atoms with E-state index in [1.165, 1.54) is 6.07 Å². The number of hydrogen-bond acceptors (Lipinski definition) is 5. The number of benzene rings is 1. The van der Waals surface area contributed by atoms with Gasteiger partial charge in [0.05, 0.1) is 11.2 Å². The Kier molecular flexibility index (Phi) is 6.66. The van der Waals surface area contributed by atoms with Gasteiger partial charge < -0.3 is 20.3 Å². The number of para-hydroxylation sites is 1. The molecule has 0 fully saturated rings. The Balaban J connectivity index is 1.38. The van der Waals surface area contributed by atoms with E-state index in [4.69, 9.17) is 0 Å². The maximum absolute atomic E-state index is 11.7. The van der Waals surface area contributed by atoms with E-state index in [1.54, 1.807) is 0 Å². The number of nitrogens with one attached hydrogen (secondary N) is 2. The molecule has 0 aliphatic carbocycles. The van der Waals surface area contributed by atoms with Crippen molar-refractivity contribution in [3.63, 3.8) is 0 Å². The van der Waals surface area contributed by atoms with Gasteiger partial charge >= 0.3 is 0 Å². The summed E-state index contributed by atoms with van der Waals surface area (Å²) in [4.78, 5) is 16.1. The normalized spacial score (nSPS) is 11.1. The summed E-state index contributed by atoms with van der Waals surface area (Å²) >= 11 is 0. The molecule has 0 amide bonds. The average molecular weight is 380 g/mol. The van der Waals surface area contributed by atoms with E-state index in [0.717, 1.165) is 54.6 Å². The summed E-state index contributed by atoms with van der Waals surface area (Å²) in [5.41, 5.74) is 3.29. The van der Waals surface area contributed by atoms with Crippen molar-refractivity contribution in [2.24, 2.45) is 7.05 Å². The van der Waals surface area contributed by atoms with Gasteiger partial charge in [0.2, 0.25) is 5.43 Å². The summed E-state index contributed by atoms with van der Waals surface area (Å²) in [7, 11) is 1.86. The van der Waals surface area contributed by atoms with Crippen LogP contribution in [0.15, 0.2) is 47.4 Å². The van der Waals surface area contributed by atoms with Crippen LogP contribution in [-0.2, 0) is 13.6 Å². The molecule has 0 bridgehead atoms. The number of aromatic nitrogens is 2. The van der Waals surface area contributed by atoms with Gasteiger partial charge in [-0.15, -0.1) is 0 Å². The first-order valence-corrected chi connectivity index (χ1v) is 9.74. The van der Waals surface area contributed by atoms with Crippen LogP contribution in [0.1, 0.15) is 30.7 Å². The molecule has 6 heteroatoms. The minimum absolute atomic E-state index is 0.158. The number of aryl methyl sites for hydroxylation is 1. The van der Waals surface area contributed by atoms with E-state index in [0.29, 0.717) is 12.2 Å². The Morgan fingerprint density at radius 2 is 1.89 bits per heavy atom. The van der Waals surface area contributed by atoms with Crippen molar-refractivity contribution in [3.8, 4) is 5.75 Å². The molecule has 3 aromatic rings. The number of aromatic hydroxyl groups is 1. The first-order valence-electron chi connectivity index (χ1n) is 9.74. The highest BCUT2D eigenvalue weighted by molar-refractivity contribution is 5.90. The minimum atomic E-state index is -0.317. The Morgan fingerprint density at radius 3 is 2.75 bits per heavy atom. The molecule has 2 aromatic heterocycles. The predicted molar refractivity (Wildman–Crippen MR) is 114 cm³/mol. The average Bonchev–Trinajstić information content (AvgIpc) is 2.70. The largest absolute Gasteiger partial charge is 0.503 e. The summed E-state index contributed by atoms with van der Waals surface area (Å²) in [6, 6.07) is 11.6. The Bertz CT molecular complexity index is 992. The molecular weight excluding hydrogens is 352 g/mol. The zero-order valence-electron chi connectivity index (χ0n) is 16.5. The molecule has 0 saturated heterocycles. The fraction of sp³-hybridized carbons (Fsp3) is 0.364. The lowest BCUT2D eigenvalue weighted by atomic mass is 10.2. The number of pyridine rings is 2. The Morgan fingerprint density at radius 1 is 1.11 bits per heavy atom. The molecule has 0 saturated carbocycles. The third kappa shape index (κ3) is 4.70. The zero-order valence-corrected chi connectivity index (χ0v) is 16.5. The SMILES string of the molecule is Cc1cc(=O)c(O)c(CNCCCCCNc2ccnc3ccccc23)n1C. The molecular formula is C22H28N4O2. The fourth-order valence-electron chi connectivity index (χ4n) is 3.30. The van der Waals surface area contributed by atoms with E-state index in [9.17, 15) is 9.90 Å². The second kappa shape index (κ2) is 9.37. The summed E-state index contributed by atoms with van der Waals surface area (Å²) in [6.45, 7) is 4.12. The lowest BCUT2D eigenvalue weighted by molar-refractivity contribution is 0.445. The van der Waals surface area contributed by atoms with Crippen LogP contribution in [0.5, 0.6) is 5.75 Å². The van der Waals surface area contributed by atoms with Crippen molar-refractivity contribution < 1.29 is 5.11 Å². The molecule has 0 radical (unpaired) electrons. The lowest BCUT2D eigenvalue weighted by Crippen LogP contribution is -2.21. The molecule has 0 atom stereocenters. The summed E-state index contributed by atoms with van der Waals surface area (Å²) in [5, 5.41) is 17.9. The fourth-order valence-corrected chi connectivity index (χ4v) is 3.30. The van der Waals surface area contributed by atoms with Crippen LogP contribution in [0.4, 0.5) is 5.69 Å². The molecule has 148 valence electrons. The monoisotopic (exact) mass is 380 g/mol. The van der Waals surface area contributed by atoms with Crippen LogP contribution in [0, 0.1) is 6.92 Å². The lowest BCUT2D eigenvalue weighted by Gasteiger charge is -2.14. The number of fused-ring (bicyclic) bond motifs is 1. The molecule has 0 aliphatic heterocycles. The number of rotatable bonds is 9. The van der Waals surface area contributed by atoms with Gasteiger partial charge in [-0.3, -0.25) is 9.78 Å². The Hall–Kier alpha value is -2.86. The van der Waals surface area contributed by atoms with Crippen LogP contribution in [0.3, 0.4) is 0 Å². The van der Waals surface area contributed by atoms with Crippen molar-refractivity contribution in [1.29, 1.82) is 0 Å². The highest BCUT2D eigenvalue weighted by Crippen LogP contribution is 2.20. The smallest absolute Gasteiger partial charge is 0.223 e. The molecule has 0 aliphatic rings. The van der Waals surface area contributed by atoms with Gasteiger partial charge in [-0.1, -0.05) is 24.6 Å². The van der Waals surface area contributed by atoms with Crippen LogP contribution in [0.2, 0.25) is 0 Å². The second-order valence-corrected chi connectivity index (χ2v) is 7.04. The van der Waals surface area contributed by atoms with Gasteiger partial charge in [0, 0.05) is 49.2 Å². The van der Waals surface area contributed by atoms with Gasteiger partial charge in [-0.05, 0) is 38.4 Å². The van der Waals surface area contributed by atoms with Crippen molar-refractivity contribution in [2.75, 3.05) is 18.4 Å². The number of anilines is 1. The second-order valence-electron chi connectivity index (χ2n) is 7.04. The molecule has 1 aromatic carbocycles. The van der Waals surface area contributed by atoms with E-state index in [-0.39, 0.29) is 11.2 Å². The summed E-state index contributed by atoms with van der Waals surface area (Å²) < 4.78 is 1.85. The predicted octanol–water partition coefficient (Wildman–Crippen LogP) is 3.32. The molecule has 0 unspecified atom stereocenters. The van der Waals surface area contributed by atoms with E-state index >= 15 is 0 Å². The van der Waals surface area contributed by atoms with E-state index < -0.39 is 0 Å². The van der Waals surface area contributed by atoms with Crippen LogP contribution >= 0.6 is 0 Å². The first-order chi connectivity index (χ1) is 13.6. The van der Waals surface area contributed by atoms with E-state index in [1.807, 2.05) is 49.0 Å². The summed E-state index contributed by atoms with van der Waals surface area (Å²) in [6.07, 6.45) is 5.05. The maximum Gasteiger partial charge on any atom is 0.223 e. The van der Waals surface area contributed by atoms with Crippen molar-refractivity contribution in [1.82, 2.24) is 14.9 Å². The molecule has 2 heterocycles. The third-order valence-electron chi connectivity index (χ3n) is 5.07. The minimum Gasteiger partial charge on any atom is -0.503 e. The Labute approximate surface area is 165 Å². The maximum atomic E-state index is 11.7. The highest BCUT2D eigenvalue weighted by atomic mass is 16.3. The number of unbranched alkanes of at least 4 members (excludes halogenated alkanes) is 2. The first kappa shape index (κ1) is 19.9. The molecule has 3 rings (SSSR count). The van der Waals surface area contributed by atoms with Gasteiger partial charge in [0.25, 0.3) is 0 Å². The van der Waals surface area contributed by atoms with Gasteiger partial charge in [-0.2, -0.15) is 0 Å².